The number of aliphatic imine (C=N–C) groups is 1. The Bertz CT molecular complexity index is 1220. The van der Waals surface area contributed by atoms with Crippen molar-refractivity contribution in [3.63, 3.8) is 0 Å². The van der Waals surface area contributed by atoms with Crippen LogP contribution in [-0.2, 0) is 6.54 Å². The van der Waals surface area contributed by atoms with E-state index in [0.29, 0.717) is 11.6 Å². The maximum atomic E-state index is 11.7. The van der Waals surface area contributed by atoms with Crippen LogP contribution < -0.4 is 5.32 Å². The molecule has 0 amide bonds. The van der Waals surface area contributed by atoms with Gasteiger partial charge in [0.25, 0.3) is 0 Å². The predicted molar refractivity (Wildman–Crippen MR) is 140 cm³/mol. The molecule has 2 aromatic rings. The van der Waals surface area contributed by atoms with E-state index < -0.39 is 5.97 Å². The lowest BCUT2D eigenvalue weighted by Gasteiger charge is -2.32. The zero-order chi connectivity index (χ0) is 24.4. The van der Waals surface area contributed by atoms with Crippen molar-refractivity contribution in [3.8, 4) is 0 Å². The minimum atomic E-state index is -0.938. The highest BCUT2D eigenvalue weighted by Gasteiger charge is 2.31. The highest BCUT2D eigenvalue weighted by Crippen LogP contribution is 2.41. The van der Waals surface area contributed by atoms with Crippen molar-refractivity contribution in [2.24, 2.45) is 10.9 Å². The number of hydrogen-bond donors (Lipinski definition) is 2. The molecule has 34 heavy (non-hydrogen) atoms. The van der Waals surface area contributed by atoms with Crippen molar-refractivity contribution < 1.29 is 9.90 Å². The molecular formula is C29H33N3O2. The normalized spacial score (nSPS) is 18.6. The van der Waals surface area contributed by atoms with Crippen molar-refractivity contribution >= 4 is 23.2 Å². The van der Waals surface area contributed by atoms with Gasteiger partial charge in [0.2, 0.25) is 0 Å². The molecule has 0 spiro atoms. The highest BCUT2D eigenvalue weighted by atomic mass is 16.4. The second-order valence-electron chi connectivity index (χ2n) is 9.26. The zero-order valence-electron chi connectivity index (χ0n) is 20.4. The van der Waals surface area contributed by atoms with Crippen molar-refractivity contribution in [1.29, 1.82) is 0 Å². The van der Waals surface area contributed by atoms with Gasteiger partial charge in [0, 0.05) is 30.8 Å². The number of aryl methyl sites for hydroxylation is 1. The monoisotopic (exact) mass is 455 g/mol. The number of carboxylic acids is 1. The summed E-state index contributed by atoms with van der Waals surface area (Å²) in [5.74, 6) is 0.490. The van der Waals surface area contributed by atoms with E-state index in [1.165, 1.54) is 22.3 Å². The number of carboxylic acid groups (broad SMARTS) is 1. The van der Waals surface area contributed by atoms with Crippen LogP contribution in [0, 0.1) is 12.8 Å². The molecule has 0 saturated heterocycles. The number of para-hydroxylation sites is 1. The topological polar surface area (TPSA) is 64.9 Å². The summed E-state index contributed by atoms with van der Waals surface area (Å²) in [6.45, 7) is 11.0. The number of amidine groups is 1. The second kappa shape index (κ2) is 9.72. The Morgan fingerprint density at radius 3 is 2.71 bits per heavy atom. The van der Waals surface area contributed by atoms with E-state index >= 15 is 0 Å². The second-order valence-corrected chi connectivity index (χ2v) is 9.26. The lowest BCUT2D eigenvalue weighted by atomic mass is 9.94. The Balaban J connectivity index is 1.70. The van der Waals surface area contributed by atoms with Crippen LogP contribution in [0.5, 0.6) is 0 Å². The van der Waals surface area contributed by atoms with Crippen LogP contribution in [0.15, 0.2) is 77.3 Å². The van der Waals surface area contributed by atoms with Crippen LogP contribution in [0.3, 0.4) is 0 Å². The molecule has 1 aliphatic heterocycles. The summed E-state index contributed by atoms with van der Waals surface area (Å²) in [6.07, 6.45) is 8.17. The standard InChI is InChI=1S/C29H33N3O2/c1-6-10-21-16-22(15-20(21)7-2)28-31-27-23(17-32(28)5)13-18(3)14-25(27)19(4)30-26-12-9-8-11-24(26)29(33)34/h6-14,19,22,30H,2,15-17H2,1,3-5H3,(H,33,34)/b10-6-. The quantitative estimate of drug-likeness (QED) is 0.481. The molecule has 0 bridgehead atoms. The Kier molecular flexibility index (Phi) is 6.73. The lowest BCUT2D eigenvalue weighted by molar-refractivity contribution is 0.0698. The molecule has 0 radical (unpaired) electrons. The summed E-state index contributed by atoms with van der Waals surface area (Å²) < 4.78 is 0. The number of nitrogens with zero attached hydrogens (tertiary/aromatic N) is 2. The number of hydrogen-bond acceptors (Lipinski definition) is 4. The van der Waals surface area contributed by atoms with Crippen LogP contribution in [0.25, 0.3) is 0 Å². The van der Waals surface area contributed by atoms with Gasteiger partial charge in [-0.15, -0.1) is 0 Å². The highest BCUT2D eigenvalue weighted by molar-refractivity contribution is 5.94. The molecule has 0 saturated carbocycles. The minimum Gasteiger partial charge on any atom is -0.478 e. The molecule has 2 N–H and O–H groups in total. The van der Waals surface area contributed by atoms with E-state index in [1.54, 1.807) is 12.1 Å². The summed E-state index contributed by atoms with van der Waals surface area (Å²) in [7, 11) is 2.12. The van der Waals surface area contributed by atoms with Crippen molar-refractivity contribution in [2.45, 2.75) is 46.2 Å². The fraction of sp³-hybridized carbons (Fsp3) is 0.310. The van der Waals surface area contributed by atoms with Crippen molar-refractivity contribution in [3.05, 3.63) is 94.6 Å². The molecule has 1 aliphatic carbocycles. The summed E-state index contributed by atoms with van der Waals surface area (Å²) in [5.41, 5.74) is 7.99. The molecule has 2 aromatic carbocycles. The van der Waals surface area contributed by atoms with E-state index in [2.05, 4.69) is 62.0 Å². The minimum absolute atomic E-state index is 0.105. The number of aromatic carboxylic acids is 1. The third kappa shape index (κ3) is 4.56. The van der Waals surface area contributed by atoms with Crippen LogP contribution in [0.4, 0.5) is 11.4 Å². The van der Waals surface area contributed by atoms with E-state index in [0.717, 1.165) is 36.5 Å². The number of allylic oxidation sites excluding steroid dienone is 5. The van der Waals surface area contributed by atoms with Gasteiger partial charge in [-0.1, -0.05) is 54.6 Å². The molecule has 0 aromatic heterocycles. The Hall–Kier alpha value is -3.60. The number of fused-ring (bicyclic) bond motifs is 1. The van der Waals surface area contributed by atoms with Gasteiger partial charge in [-0.2, -0.15) is 0 Å². The third-order valence-corrected chi connectivity index (χ3v) is 6.71. The van der Waals surface area contributed by atoms with E-state index in [1.807, 2.05) is 25.1 Å². The first-order chi connectivity index (χ1) is 16.3. The first-order valence-corrected chi connectivity index (χ1v) is 11.8. The van der Waals surface area contributed by atoms with Crippen LogP contribution >= 0.6 is 0 Å². The van der Waals surface area contributed by atoms with Crippen LogP contribution in [0.1, 0.15) is 59.8 Å². The Labute approximate surface area is 202 Å². The van der Waals surface area contributed by atoms with E-state index in [4.69, 9.17) is 4.99 Å². The largest absolute Gasteiger partial charge is 0.478 e. The molecule has 2 atom stereocenters. The van der Waals surface area contributed by atoms with Gasteiger partial charge >= 0.3 is 5.97 Å². The van der Waals surface area contributed by atoms with E-state index in [9.17, 15) is 9.90 Å². The molecule has 2 aliphatic rings. The van der Waals surface area contributed by atoms with Crippen molar-refractivity contribution in [1.82, 2.24) is 4.90 Å². The molecule has 4 rings (SSSR count). The summed E-state index contributed by atoms with van der Waals surface area (Å²) >= 11 is 0. The smallest absolute Gasteiger partial charge is 0.337 e. The van der Waals surface area contributed by atoms with E-state index in [-0.39, 0.29) is 11.6 Å². The fourth-order valence-corrected chi connectivity index (χ4v) is 5.16. The molecule has 0 fully saturated rings. The summed E-state index contributed by atoms with van der Waals surface area (Å²) in [4.78, 5) is 19.2. The van der Waals surface area contributed by atoms with Gasteiger partial charge < -0.3 is 15.3 Å². The summed E-state index contributed by atoms with van der Waals surface area (Å²) in [6, 6.07) is 11.3. The number of nitrogens with one attached hydrogen (secondary N) is 1. The number of benzene rings is 2. The molecule has 1 heterocycles. The molecule has 5 nitrogen and oxygen atoms in total. The summed E-state index contributed by atoms with van der Waals surface area (Å²) in [5, 5.41) is 13.0. The Morgan fingerprint density at radius 2 is 2.00 bits per heavy atom. The molecule has 176 valence electrons. The van der Waals surface area contributed by atoms with Crippen LogP contribution in [-0.4, -0.2) is 28.9 Å². The molecule has 5 heteroatoms. The van der Waals surface area contributed by atoms with Gasteiger partial charge in [0.05, 0.1) is 17.3 Å². The Morgan fingerprint density at radius 1 is 1.26 bits per heavy atom. The number of rotatable bonds is 7. The van der Waals surface area contributed by atoms with Gasteiger partial charge in [-0.3, -0.25) is 0 Å². The predicted octanol–water partition coefficient (Wildman–Crippen LogP) is 6.81. The average Bonchev–Trinajstić information content (AvgIpc) is 3.21. The number of anilines is 1. The van der Waals surface area contributed by atoms with Gasteiger partial charge in [0.15, 0.2) is 0 Å². The van der Waals surface area contributed by atoms with Crippen LogP contribution in [0.2, 0.25) is 0 Å². The first kappa shape index (κ1) is 23.6. The SMILES string of the molecule is C=CC1=C(/C=C\C)CC(C2=Nc3c(cc(C)cc3C(C)Nc3ccccc3C(=O)O)CN2C)C1. The molecule has 2 unspecified atom stereocenters. The average molecular weight is 456 g/mol. The fourth-order valence-electron chi connectivity index (χ4n) is 5.16. The van der Waals surface area contributed by atoms with Gasteiger partial charge in [-0.25, -0.2) is 9.79 Å². The first-order valence-electron chi connectivity index (χ1n) is 11.8. The maximum Gasteiger partial charge on any atom is 0.337 e. The molecular weight excluding hydrogens is 422 g/mol. The van der Waals surface area contributed by atoms with Gasteiger partial charge in [0.1, 0.15) is 5.84 Å². The van der Waals surface area contributed by atoms with Crippen molar-refractivity contribution in [2.75, 3.05) is 12.4 Å². The third-order valence-electron chi connectivity index (χ3n) is 6.71. The van der Waals surface area contributed by atoms with Gasteiger partial charge in [-0.05, 0) is 62.5 Å². The maximum absolute atomic E-state index is 11.7. The number of carbonyl (C=O) groups is 1. The zero-order valence-corrected chi connectivity index (χ0v) is 20.4. The lowest BCUT2D eigenvalue weighted by Crippen LogP contribution is -2.34.